The topological polar surface area (TPSA) is 51.0 Å². The molecule has 1 aromatic carbocycles. The monoisotopic (exact) mass is 299 g/mol. The molecule has 1 atom stereocenters. The number of benzene rings is 1. The molecule has 1 aromatic heterocycles. The van der Waals surface area contributed by atoms with Crippen LogP contribution < -0.4 is 5.32 Å². The predicted molar refractivity (Wildman–Crippen MR) is 70.8 cm³/mol. The smallest absolute Gasteiger partial charge is 0.339 e. The maximum atomic E-state index is 12.9. The summed E-state index contributed by atoms with van der Waals surface area (Å²) < 4.78 is 43.7. The number of aromatic nitrogens is 2. The van der Waals surface area contributed by atoms with Crippen molar-refractivity contribution in [3.8, 4) is 0 Å². The van der Waals surface area contributed by atoms with Crippen molar-refractivity contribution in [2.45, 2.75) is 32.0 Å². The van der Waals surface area contributed by atoms with Gasteiger partial charge < -0.3 is 9.84 Å². The molecule has 0 spiro atoms. The predicted octanol–water partition coefficient (Wildman–Crippen LogP) is 2.83. The third-order valence-corrected chi connectivity index (χ3v) is 3.16. The van der Waals surface area contributed by atoms with Crippen LogP contribution in [0.2, 0.25) is 0 Å². The molecule has 0 aliphatic heterocycles. The Bertz CT molecular complexity index is 595. The largest absolute Gasteiger partial charge is 0.416 e. The Balaban J connectivity index is 2.16. The molecule has 1 unspecified atom stereocenters. The number of rotatable bonds is 5. The van der Waals surface area contributed by atoms with Gasteiger partial charge in [-0.2, -0.15) is 18.2 Å². The van der Waals surface area contributed by atoms with Crippen molar-refractivity contribution in [3.63, 3.8) is 0 Å². The van der Waals surface area contributed by atoms with Gasteiger partial charge in [-0.1, -0.05) is 23.4 Å². The molecule has 114 valence electrons. The minimum absolute atomic E-state index is 0.0311. The number of hydrogen-bond acceptors (Lipinski definition) is 4. The number of likely N-dealkylation sites (N-methyl/N-ethyl adjacent to an activating group) is 1. The van der Waals surface area contributed by atoms with Gasteiger partial charge in [-0.25, -0.2) is 0 Å². The lowest BCUT2D eigenvalue weighted by Gasteiger charge is -2.10. The maximum absolute atomic E-state index is 12.9. The van der Waals surface area contributed by atoms with E-state index in [1.165, 1.54) is 12.1 Å². The molecule has 2 aromatic rings. The summed E-state index contributed by atoms with van der Waals surface area (Å²) >= 11 is 0. The molecule has 1 N–H and O–H groups in total. The number of hydrogen-bond donors (Lipinski definition) is 1. The zero-order valence-corrected chi connectivity index (χ0v) is 11.7. The molecule has 0 fully saturated rings. The lowest BCUT2D eigenvalue weighted by molar-refractivity contribution is -0.138. The fourth-order valence-electron chi connectivity index (χ4n) is 1.93. The van der Waals surface area contributed by atoms with Crippen molar-refractivity contribution in [1.82, 2.24) is 15.5 Å². The van der Waals surface area contributed by atoms with Gasteiger partial charge in [0.05, 0.1) is 12.0 Å². The van der Waals surface area contributed by atoms with Crippen molar-refractivity contribution < 1.29 is 17.7 Å². The molecule has 1 heterocycles. The van der Waals surface area contributed by atoms with Gasteiger partial charge in [0.1, 0.15) is 0 Å². The molecule has 0 saturated heterocycles. The third-order valence-electron chi connectivity index (χ3n) is 3.16. The van der Waals surface area contributed by atoms with Gasteiger partial charge in [-0.15, -0.1) is 0 Å². The van der Waals surface area contributed by atoms with Crippen molar-refractivity contribution in [3.05, 3.63) is 47.1 Å². The highest BCUT2D eigenvalue weighted by molar-refractivity contribution is 5.31. The first-order valence-electron chi connectivity index (χ1n) is 6.54. The van der Waals surface area contributed by atoms with Crippen LogP contribution in [0, 0.1) is 0 Å². The number of halogens is 3. The van der Waals surface area contributed by atoms with E-state index in [9.17, 15) is 13.2 Å². The standard InChI is InChI=1S/C14H16F3N3O/c1-9(18-2)7-12-19-13(21-20-12)8-10-5-3-4-6-11(10)14(15,16)17/h3-6,9,18H,7-8H2,1-2H3. The van der Waals surface area contributed by atoms with Crippen molar-refractivity contribution in [2.24, 2.45) is 0 Å². The average molecular weight is 299 g/mol. The molecule has 0 aliphatic carbocycles. The zero-order valence-electron chi connectivity index (χ0n) is 11.7. The van der Waals surface area contributed by atoms with E-state index in [1.54, 1.807) is 6.07 Å². The quantitative estimate of drug-likeness (QED) is 0.922. The van der Waals surface area contributed by atoms with Gasteiger partial charge in [0, 0.05) is 12.5 Å². The molecule has 0 amide bonds. The van der Waals surface area contributed by atoms with Crippen LogP contribution >= 0.6 is 0 Å². The Morgan fingerprint density at radius 3 is 2.67 bits per heavy atom. The minimum atomic E-state index is -4.39. The Morgan fingerprint density at radius 2 is 2.00 bits per heavy atom. The Kier molecular flexibility index (Phi) is 4.62. The van der Waals surface area contributed by atoms with Gasteiger partial charge in [0.2, 0.25) is 5.89 Å². The second kappa shape index (κ2) is 6.26. The molecule has 4 nitrogen and oxygen atoms in total. The van der Waals surface area contributed by atoms with Crippen LogP contribution in [0.4, 0.5) is 13.2 Å². The second-order valence-electron chi connectivity index (χ2n) is 4.83. The van der Waals surface area contributed by atoms with Crippen LogP contribution in [0.25, 0.3) is 0 Å². The van der Waals surface area contributed by atoms with Crippen molar-refractivity contribution in [2.75, 3.05) is 7.05 Å². The van der Waals surface area contributed by atoms with E-state index in [1.807, 2.05) is 14.0 Å². The first-order valence-corrected chi connectivity index (χ1v) is 6.54. The highest BCUT2D eigenvalue weighted by atomic mass is 19.4. The summed E-state index contributed by atoms with van der Waals surface area (Å²) in [6, 6.07) is 5.56. The van der Waals surface area contributed by atoms with Crippen molar-refractivity contribution >= 4 is 0 Å². The zero-order chi connectivity index (χ0) is 15.5. The maximum Gasteiger partial charge on any atom is 0.416 e. The van der Waals surface area contributed by atoms with Gasteiger partial charge >= 0.3 is 6.18 Å². The summed E-state index contributed by atoms with van der Waals surface area (Å²) in [6.45, 7) is 1.95. The molecule has 7 heteroatoms. The highest BCUT2D eigenvalue weighted by Crippen LogP contribution is 2.32. The number of nitrogens with zero attached hydrogens (tertiary/aromatic N) is 2. The molecule has 0 bridgehead atoms. The molecule has 2 rings (SSSR count). The normalized spacial score (nSPS) is 13.4. The second-order valence-corrected chi connectivity index (χ2v) is 4.83. The Hall–Kier alpha value is -1.89. The van der Waals surface area contributed by atoms with Crippen molar-refractivity contribution in [1.29, 1.82) is 0 Å². The fourth-order valence-corrected chi connectivity index (χ4v) is 1.93. The van der Waals surface area contributed by atoms with E-state index in [4.69, 9.17) is 4.52 Å². The first-order chi connectivity index (χ1) is 9.90. The van der Waals surface area contributed by atoms with Gasteiger partial charge in [-0.3, -0.25) is 0 Å². The van der Waals surface area contributed by atoms with E-state index < -0.39 is 11.7 Å². The molecule has 0 aliphatic rings. The molecule has 0 saturated carbocycles. The van der Waals surface area contributed by atoms with E-state index in [0.717, 1.165) is 6.07 Å². The number of alkyl halides is 3. The third kappa shape index (κ3) is 4.04. The molecule has 21 heavy (non-hydrogen) atoms. The number of nitrogens with one attached hydrogen (secondary N) is 1. The van der Waals surface area contributed by atoms with Crippen LogP contribution in [0.5, 0.6) is 0 Å². The summed E-state index contributed by atoms with van der Waals surface area (Å²) in [4.78, 5) is 4.13. The Morgan fingerprint density at radius 1 is 1.29 bits per heavy atom. The van der Waals surface area contributed by atoms with Gasteiger partial charge in [-0.05, 0) is 25.6 Å². The van der Waals surface area contributed by atoms with Crippen LogP contribution in [0.3, 0.4) is 0 Å². The highest BCUT2D eigenvalue weighted by Gasteiger charge is 2.33. The van der Waals surface area contributed by atoms with E-state index in [-0.39, 0.29) is 23.9 Å². The first kappa shape index (κ1) is 15.5. The molecule has 0 radical (unpaired) electrons. The lowest BCUT2D eigenvalue weighted by atomic mass is 10.0. The average Bonchev–Trinajstić information content (AvgIpc) is 2.85. The Labute approximate surface area is 120 Å². The molecular formula is C14H16F3N3O. The van der Waals surface area contributed by atoms with E-state index in [2.05, 4.69) is 15.5 Å². The fraction of sp³-hybridized carbons (Fsp3) is 0.429. The van der Waals surface area contributed by atoms with Crippen LogP contribution in [0.1, 0.15) is 29.8 Å². The van der Waals surface area contributed by atoms with Crippen LogP contribution in [-0.4, -0.2) is 23.2 Å². The summed E-state index contributed by atoms with van der Waals surface area (Å²) in [5.41, 5.74) is -0.546. The van der Waals surface area contributed by atoms with E-state index in [0.29, 0.717) is 12.2 Å². The minimum Gasteiger partial charge on any atom is -0.339 e. The summed E-state index contributed by atoms with van der Waals surface area (Å²) in [5.74, 6) is 0.668. The summed E-state index contributed by atoms with van der Waals surface area (Å²) in [5, 5.41) is 6.82. The summed E-state index contributed by atoms with van der Waals surface area (Å²) in [6.07, 6.45) is -3.86. The van der Waals surface area contributed by atoms with Gasteiger partial charge in [0.15, 0.2) is 5.82 Å². The van der Waals surface area contributed by atoms with Gasteiger partial charge in [0.25, 0.3) is 0 Å². The van der Waals surface area contributed by atoms with Crippen LogP contribution in [-0.2, 0) is 19.0 Å². The summed E-state index contributed by atoms with van der Waals surface area (Å²) in [7, 11) is 1.81. The molecular weight excluding hydrogens is 283 g/mol. The van der Waals surface area contributed by atoms with E-state index >= 15 is 0 Å². The van der Waals surface area contributed by atoms with Crippen LogP contribution in [0.15, 0.2) is 28.8 Å². The SMILES string of the molecule is CNC(C)Cc1noc(Cc2ccccc2C(F)(F)F)n1. The lowest BCUT2D eigenvalue weighted by Crippen LogP contribution is -2.24.